The number of esters is 1. The molecular weight excluding hydrogens is 626 g/mol. The zero-order chi connectivity index (χ0) is 32.7. The van der Waals surface area contributed by atoms with E-state index in [1.54, 1.807) is 110 Å². The van der Waals surface area contributed by atoms with Gasteiger partial charge in [-0.3, -0.25) is 9.10 Å². The van der Waals surface area contributed by atoms with Crippen molar-refractivity contribution in [2.75, 3.05) is 10.9 Å². The number of ether oxygens (including phenoxy) is 1. The highest BCUT2D eigenvalue weighted by molar-refractivity contribution is 7.92. The van der Waals surface area contributed by atoms with Gasteiger partial charge in [-0.2, -0.15) is 5.10 Å². The fourth-order valence-corrected chi connectivity index (χ4v) is 6.15. The smallest absolute Gasteiger partial charge is 0.338 e. The van der Waals surface area contributed by atoms with Crippen LogP contribution in [0.25, 0.3) is 11.3 Å². The van der Waals surface area contributed by atoms with E-state index in [1.165, 1.54) is 16.6 Å². The number of aryl methyl sites for hydroxylation is 1. The second kappa shape index (κ2) is 14.3. The van der Waals surface area contributed by atoms with E-state index in [4.69, 9.17) is 20.8 Å². The lowest BCUT2D eigenvalue weighted by molar-refractivity contribution is 0.0526. The van der Waals surface area contributed by atoms with Crippen LogP contribution in [0, 0.1) is 6.92 Å². The van der Waals surface area contributed by atoms with Crippen LogP contribution in [0.4, 0.5) is 5.69 Å². The SMILES string of the molecule is CCOC(=O)c1ccc(-c2ccc(/C=N\NC(=O)c3ccccc3N(Cc3ccc(Cl)cc3)S(=O)(=O)c3ccc(C)cc3)o2)cc1. The first-order valence-corrected chi connectivity index (χ1v) is 16.1. The average Bonchev–Trinajstić information content (AvgIpc) is 3.54. The van der Waals surface area contributed by atoms with Crippen molar-refractivity contribution in [1.29, 1.82) is 0 Å². The quantitative estimate of drug-likeness (QED) is 0.0910. The number of amides is 1. The van der Waals surface area contributed by atoms with Gasteiger partial charge in [-0.05, 0) is 80.1 Å². The van der Waals surface area contributed by atoms with Crippen LogP contribution in [0.15, 0.2) is 124 Å². The molecule has 0 aliphatic rings. The van der Waals surface area contributed by atoms with Gasteiger partial charge in [-0.1, -0.05) is 65.7 Å². The van der Waals surface area contributed by atoms with E-state index in [-0.39, 0.29) is 29.3 Å². The Kier molecular flexibility index (Phi) is 10.00. The molecule has 46 heavy (non-hydrogen) atoms. The highest BCUT2D eigenvalue weighted by Gasteiger charge is 2.28. The number of halogens is 1. The summed E-state index contributed by atoms with van der Waals surface area (Å²) in [6.07, 6.45) is 1.34. The third kappa shape index (κ3) is 7.53. The molecule has 1 amide bonds. The summed E-state index contributed by atoms with van der Waals surface area (Å²) in [5.74, 6) is -0.120. The number of hydrogen-bond acceptors (Lipinski definition) is 7. The Morgan fingerprint density at radius 3 is 2.30 bits per heavy atom. The van der Waals surface area contributed by atoms with E-state index >= 15 is 0 Å². The molecule has 0 radical (unpaired) electrons. The minimum Gasteiger partial charge on any atom is -0.462 e. The van der Waals surface area contributed by atoms with E-state index in [2.05, 4.69) is 10.5 Å². The Balaban J connectivity index is 1.37. The van der Waals surface area contributed by atoms with Crippen molar-refractivity contribution in [3.05, 3.63) is 142 Å². The lowest BCUT2D eigenvalue weighted by Crippen LogP contribution is -2.33. The number of carbonyl (C=O) groups excluding carboxylic acids is 2. The number of hydrazone groups is 1. The Morgan fingerprint density at radius 2 is 1.61 bits per heavy atom. The van der Waals surface area contributed by atoms with Gasteiger partial charge in [0.25, 0.3) is 15.9 Å². The van der Waals surface area contributed by atoms with Crippen LogP contribution in [0.5, 0.6) is 0 Å². The number of nitrogens with zero attached hydrogens (tertiary/aromatic N) is 2. The lowest BCUT2D eigenvalue weighted by atomic mass is 10.1. The molecule has 4 aromatic carbocycles. The number of sulfonamides is 1. The number of hydrogen-bond donors (Lipinski definition) is 1. The van der Waals surface area contributed by atoms with Crippen LogP contribution in [0.1, 0.15) is 44.5 Å². The molecule has 11 heteroatoms. The fourth-order valence-electron chi connectivity index (χ4n) is 4.55. The Morgan fingerprint density at radius 1 is 0.913 bits per heavy atom. The molecule has 234 valence electrons. The first-order valence-electron chi connectivity index (χ1n) is 14.3. The van der Waals surface area contributed by atoms with E-state index in [0.717, 1.165) is 11.1 Å². The maximum Gasteiger partial charge on any atom is 0.338 e. The van der Waals surface area contributed by atoms with Crippen molar-refractivity contribution in [2.24, 2.45) is 5.10 Å². The summed E-state index contributed by atoms with van der Waals surface area (Å²) in [5, 5.41) is 4.56. The molecule has 0 saturated carbocycles. The fraction of sp³-hybridized carbons (Fsp3) is 0.114. The van der Waals surface area contributed by atoms with Crippen molar-refractivity contribution in [3.8, 4) is 11.3 Å². The van der Waals surface area contributed by atoms with Gasteiger partial charge in [0.05, 0.1) is 41.1 Å². The molecule has 0 atom stereocenters. The molecule has 1 N–H and O–H groups in total. The number of para-hydroxylation sites is 1. The molecule has 0 unspecified atom stereocenters. The molecule has 0 aliphatic carbocycles. The molecule has 5 aromatic rings. The first kappa shape index (κ1) is 32.2. The van der Waals surface area contributed by atoms with Crippen LogP contribution in [0.3, 0.4) is 0 Å². The Labute approximate surface area is 272 Å². The van der Waals surface area contributed by atoms with Gasteiger partial charge >= 0.3 is 5.97 Å². The second-order valence-corrected chi connectivity index (χ2v) is 12.5. The van der Waals surface area contributed by atoms with Crippen LogP contribution in [0.2, 0.25) is 5.02 Å². The van der Waals surface area contributed by atoms with E-state index in [0.29, 0.717) is 27.7 Å². The summed E-state index contributed by atoms with van der Waals surface area (Å²) in [6, 6.07) is 30.0. The van der Waals surface area contributed by atoms with E-state index in [9.17, 15) is 18.0 Å². The topological polar surface area (TPSA) is 118 Å². The van der Waals surface area contributed by atoms with Crippen molar-refractivity contribution in [1.82, 2.24) is 5.43 Å². The summed E-state index contributed by atoms with van der Waals surface area (Å²) in [4.78, 5) is 25.4. The summed E-state index contributed by atoms with van der Waals surface area (Å²) in [5.41, 5.74) is 5.51. The molecule has 0 saturated heterocycles. The lowest BCUT2D eigenvalue weighted by Gasteiger charge is -2.26. The number of nitrogens with one attached hydrogen (secondary N) is 1. The van der Waals surface area contributed by atoms with Crippen molar-refractivity contribution >= 4 is 45.4 Å². The van der Waals surface area contributed by atoms with Crippen molar-refractivity contribution < 1.29 is 27.2 Å². The molecule has 0 fully saturated rings. The van der Waals surface area contributed by atoms with Crippen LogP contribution < -0.4 is 9.73 Å². The van der Waals surface area contributed by atoms with Crippen LogP contribution >= 0.6 is 11.6 Å². The highest BCUT2D eigenvalue weighted by Crippen LogP contribution is 2.30. The normalized spacial score (nSPS) is 11.4. The Bertz CT molecular complexity index is 1970. The molecule has 0 bridgehead atoms. The summed E-state index contributed by atoms with van der Waals surface area (Å²) >= 11 is 6.06. The maximum atomic E-state index is 14.0. The number of benzene rings is 4. The van der Waals surface area contributed by atoms with Gasteiger partial charge in [0.15, 0.2) is 0 Å². The summed E-state index contributed by atoms with van der Waals surface area (Å²) in [7, 11) is -4.09. The number of carbonyl (C=O) groups is 2. The number of anilines is 1. The van der Waals surface area contributed by atoms with Crippen LogP contribution in [-0.2, 0) is 21.3 Å². The molecule has 9 nitrogen and oxygen atoms in total. The zero-order valence-corrected chi connectivity index (χ0v) is 26.6. The Hall–Kier alpha value is -5.19. The summed E-state index contributed by atoms with van der Waals surface area (Å²) < 4.78 is 40.0. The van der Waals surface area contributed by atoms with E-state index in [1.807, 2.05) is 6.92 Å². The number of furan rings is 1. The monoisotopic (exact) mass is 655 g/mol. The maximum absolute atomic E-state index is 14.0. The summed E-state index contributed by atoms with van der Waals surface area (Å²) in [6.45, 7) is 3.86. The predicted octanol–water partition coefficient (Wildman–Crippen LogP) is 7.24. The van der Waals surface area contributed by atoms with Gasteiger partial charge in [-0.15, -0.1) is 0 Å². The molecule has 0 aliphatic heterocycles. The average molecular weight is 656 g/mol. The van der Waals surface area contributed by atoms with Gasteiger partial charge in [-0.25, -0.2) is 18.6 Å². The minimum atomic E-state index is -4.09. The molecule has 0 spiro atoms. The van der Waals surface area contributed by atoms with Crippen molar-refractivity contribution in [2.45, 2.75) is 25.3 Å². The second-order valence-electron chi connectivity index (χ2n) is 10.2. The van der Waals surface area contributed by atoms with Gasteiger partial charge in [0.2, 0.25) is 0 Å². The first-order chi connectivity index (χ1) is 22.2. The molecule has 1 heterocycles. The predicted molar refractivity (Wildman–Crippen MR) is 178 cm³/mol. The molecular formula is C35H30ClN3O6S. The third-order valence-electron chi connectivity index (χ3n) is 6.93. The van der Waals surface area contributed by atoms with Gasteiger partial charge in [0, 0.05) is 10.6 Å². The number of rotatable bonds is 11. The van der Waals surface area contributed by atoms with Gasteiger partial charge < -0.3 is 9.15 Å². The van der Waals surface area contributed by atoms with Crippen molar-refractivity contribution in [3.63, 3.8) is 0 Å². The minimum absolute atomic E-state index is 0.0448. The zero-order valence-electron chi connectivity index (χ0n) is 25.0. The highest BCUT2D eigenvalue weighted by atomic mass is 35.5. The third-order valence-corrected chi connectivity index (χ3v) is 8.96. The standard InChI is InChI=1S/C35H30ClN3O6S/c1-3-44-35(41)27-14-12-26(13-15-27)33-21-18-29(45-33)22-37-38-34(40)31-6-4-5-7-32(31)39(23-25-10-16-28(36)17-11-25)46(42,43)30-19-8-24(2)9-20-30/h4-22H,3,23H2,1-2H3,(H,38,40)/b37-22-. The molecule has 1 aromatic heterocycles. The van der Waals surface area contributed by atoms with E-state index < -0.39 is 21.9 Å². The molecule has 5 rings (SSSR count). The van der Waals surface area contributed by atoms with Crippen LogP contribution in [-0.4, -0.2) is 33.1 Å². The van der Waals surface area contributed by atoms with Gasteiger partial charge in [0.1, 0.15) is 11.5 Å². The largest absolute Gasteiger partial charge is 0.462 e.